The summed E-state index contributed by atoms with van der Waals surface area (Å²) in [6.07, 6.45) is 9.65. The molecule has 1 fully saturated rings. The van der Waals surface area contributed by atoms with Crippen LogP contribution >= 0.6 is 0 Å². The first kappa shape index (κ1) is 32.2. The van der Waals surface area contributed by atoms with Crippen molar-refractivity contribution in [2.75, 3.05) is 7.11 Å². The van der Waals surface area contributed by atoms with Crippen molar-refractivity contribution in [2.24, 2.45) is 17.8 Å². The number of hydrogen-bond donors (Lipinski definition) is 2. The zero-order chi connectivity index (χ0) is 28.0. The number of esters is 1. The molecule has 8 heteroatoms. The Balaban J connectivity index is 2.86. The second kappa shape index (κ2) is 16.8. The van der Waals surface area contributed by atoms with Crippen LogP contribution in [0.25, 0.3) is 0 Å². The van der Waals surface area contributed by atoms with Gasteiger partial charge in [0.25, 0.3) is 0 Å². The number of ether oxygens (including phenoxy) is 2. The zero-order valence-electron chi connectivity index (χ0n) is 22.6. The van der Waals surface area contributed by atoms with E-state index in [1.807, 2.05) is 12.2 Å². The monoisotopic (exact) mass is 517 g/mol. The van der Waals surface area contributed by atoms with Crippen molar-refractivity contribution >= 4 is 23.6 Å². The highest BCUT2D eigenvalue weighted by molar-refractivity contribution is 5.97. The van der Waals surface area contributed by atoms with Gasteiger partial charge in [0, 0.05) is 44.3 Å². The summed E-state index contributed by atoms with van der Waals surface area (Å²) in [5.41, 5.74) is 0.641. The average Bonchev–Trinajstić information content (AvgIpc) is 2.85. The summed E-state index contributed by atoms with van der Waals surface area (Å²) in [6.45, 7) is 12.5. The molecule has 1 aliphatic rings. The summed E-state index contributed by atoms with van der Waals surface area (Å²) in [4.78, 5) is 47.9. The van der Waals surface area contributed by atoms with E-state index in [0.717, 1.165) is 18.9 Å². The summed E-state index contributed by atoms with van der Waals surface area (Å²) in [5, 5.41) is 13.3. The van der Waals surface area contributed by atoms with E-state index in [1.54, 1.807) is 32.9 Å². The minimum atomic E-state index is -0.975. The van der Waals surface area contributed by atoms with Crippen molar-refractivity contribution in [1.29, 1.82) is 0 Å². The lowest BCUT2D eigenvalue weighted by atomic mass is 9.87. The highest BCUT2D eigenvalue weighted by Crippen LogP contribution is 2.26. The van der Waals surface area contributed by atoms with Crippen LogP contribution in [0.4, 0.5) is 0 Å². The highest BCUT2D eigenvalue weighted by atomic mass is 16.5. The van der Waals surface area contributed by atoms with E-state index >= 15 is 0 Å². The number of ketones is 1. The molecule has 0 bridgehead atoms. The normalized spacial score (nSPS) is 19.0. The van der Waals surface area contributed by atoms with E-state index in [2.05, 4.69) is 18.5 Å². The third kappa shape index (κ3) is 11.4. The van der Waals surface area contributed by atoms with Gasteiger partial charge in [-0.3, -0.25) is 19.7 Å². The second-order valence-corrected chi connectivity index (χ2v) is 9.71. The van der Waals surface area contributed by atoms with Gasteiger partial charge in [0.05, 0.1) is 6.10 Å². The Bertz CT molecular complexity index is 859. The van der Waals surface area contributed by atoms with Crippen molar-refractivity contribution in [1.82, 2.24) is 5.32 Å². The fourth-order valence-corrected chi connectivity index (χ4v) is 4.48. The Morgan fingerprint density at radius 3 is 2.38 bits per heavy atom. The van der Waals surface area contributed by atoms with Gasteiger partial charge in [-0.2, -0.15) is 0 Å². The van der Waals surface area contributed by atoms with Gasteiger partial charge < -0.3 is 14.6 Å². The molecule has 1 rings (SSSR count). The van der Waals surface area contributed by atoms with Crippen LogP contribution in [0.1, 0.15) is 65.7 Å². The molecule has 0 radical (unpaired) electrons. The lowest BCUT2D eigenvalue weighted by molar-refractivity contribution is -0.147. The molecule has 0 unspecified atom stereocenters. The second-order valence-electron chi connectivity index (χ2n) is 9.71. The standard InChI is InChI=1S/C29H43NO7/c1-7-9-10-11-15-24(36-6)28(35)21(5)29(37-27(34)8-2)20(4)16-19(3)23(31)14-12-13-22-17-25(32)30-26(33)18-22/h7-8,11,15-16,19,21-22,24,28-29,35H,1-2,9-10,12-14,17-18H2,3-6H3,(H,30,32,33)/b15-11+,20-16+/t19-,21-,24-,28-,29-/m0/s1. The number of imide groups is 1. The molecule has 0 spiro atoms. The first-order valence-electron chi connectivity index (χ1n) is 12.9. The molecule has 5 atom stereocenters. The van der Waals surface area contributed by atoms with E-state index in [-0.39, 0.29) is 23.5 Å². The molecule has 2 N–H and O–H groups in total. The SMILES string of the molecule is C=CCC/C=C/[C@H](OC)[C@@H](O)[C@H](C)[C@@H](OC(=O)C=C)/C(C)=C/[C@H](C)C(=O)CCCC1CC(=O)NC(=O)C1. The van der Waals surface area contributed by atoms with Gasteiger partial charge in [0.2, 0.25) is 11.8 Å². The number of piperidine rings is 1. The van der Waals surface area contributed by atoms with Crippen LogP contribution in [0, 0.1) is 17.8 Å². The lowest BCUT2D eigenvalue weighted by Crippen LogP contribution is -2.41. The van der Waals surface area contributed by atoms with Crippen molar-refractivity contribution in [3.8, 4) is 0 Å². The Morgan fingerprint density at radius 2 is 1.81 bits per heavy atom. The molecule has 0 aromatic rings. The number of aliphatic hydroxyl groups excluding tert-OH is 1. The quantitative estimate of drug-likeness (QED) is 0.0984. The Morgan fingerprint density at radius 1 is 1.16 bits per heavy atom. The van der Waals surface area contributed by atoms with Crippen LogP contribution in [0.2, 0.25) is 0 Å². The Kier molecular flexibility index (Phi) is 14.6. The van der Waals surface area contributed by atoms with Gasteiger partial charge >= 0.3 is 5.97 Å². The van der Waals surface area contributed by atoms with Crippen molar-refractivity contribution in [3.05, 3.63) is 49.1 Å². The van der Waals surface area contributed by atoms with Crippen molar-refractivity contribution in [3.63, 3.8) is 0 Å². The van der Waals surface area contributed by atoms with Crippen LogP contribution < -0.4 is 5.32 Å². The molecule has 2 amide bonds. The predicted octanol–water partition coefficient (Wildman–Crippen LogP) is 3.99. The number of carbonyl (C=O) groups is 4. The summed E-state index contributed by atoms with van der Waals surface area (Å²) >= 11 is 0. The third-order valence-electron chi connectivity index (χ3n) is 6.63. The molecular weight excluding hydrogens is 474 g/mol. The van der Waals surface area contributed by atoms with Gasteiger partial charge in [0.1, 0.15) is 18.0 Å². The highest BCUT2D eigenvalue weighted by Gasteiger charge is 2.33. The largest absolute Gasteiger partial charge is 0.454 e. The van der Waals surface area contributed by atoms with E-state index in [4.69, 9.17) is 9.47 Å². The average molecular weight is 518 g/mol. The fourth-order valence-electron chi connectivity index (χ4n) is 4.48. The number of rotatable bonds is 17. The van der Waals surface area contributed by atoms with Crippen molar-refractivity contribution in [2.45, 2.75) is 84.0 Å². The van der Waals surface area contributed by atoms with Crippen LogP contribution in [-0.2, 0) is 28.7 Å². The number of allylic oxidation sites excluding steroid dienone is 3. The molecule has 37 heavy (non-hydrogen) atoms. The van der Waals surface area contributed by atoms with Gasteiger partial charge in [-0.25, -0.2) is 4.79 Å². The summed E-state index contributed by atoms with van der Waals surface area (Å²) in [6, 6.07) is 0. The number of hydrogen-bond acceptors (Lipinski definition) is 7. The molecule has 1 aliphatic heterocycles. The molecule has 1 heterocycles. The number of aliphatic hydroxyl groups is 1. The third-order valence-corrected chi connectivity index (χ3v) is 6.63. The Hall–Kier alpha value is -2.84. The van der Waals surface area contributed by atoms with Gasteiger partial charge in [-0.15, -0.1) is 6.58 Å². The smallest absolute Gasteiger partial charge is 0.330 e. The topological polar surface area (TPSA) is 119 Å². The number of amides is 2. The number of carbonyl (C=O) groups excluding carboxylic acids is 4. The lowest BCUT2D eigenvalue weighted by Gasteiger charge is -2.31. The molecule has 0 saturated carbocycles. The summed E-state index contributed by atoms with van der Waals surface area (Å²) < 4.78 is 11.0. The molecule has 0 aromatic carbocycles. The van der Waals surface area contributed by atoms with E-state index in [9.17, 15) is 24.3 Å². The van der Waals surface area contributed by atoms with Crippen LogP contribution in [0.15, 0.2) is 49.1 Å². The van der Waals surface area contributed by atoms with E-state index in [0.29, 0.717) is 37.7 Å². The first-order valence-corrected chi connectivity index (χ1v) is 12.9. The fraction of sp³-hybridized carbons (Fsp3) is 0.586. The van der Waals surface area contributed by atoms with Gasteiger partial charge in [0.15, 0.2) is 0 Å². The van der Waals surface area contributed by atoms with E-state index in [1.165, 1.54) is 7.11 Å². The predicted molar refractivity (Wildman–Crippen MR) is 142 cm³/mol. The van der Waals surface area contributed by atoms with Crippen LogP contribution in [0.3, 0.4) is 0 Å². The minimum absolute atomic E-state index is 0.00727. The van der Waals surface area contributed by atoms with Crippen LogP contribution in [0.5, 0.6) is 0 Å². The molecule has 1 saturated heterocycles. The van der Waals surface area contributed by atoms with Crippen molar-refractivity contribution < 1.29 is 33.8 Å². The van der Waals surface area contributed by atoms with Gasteiger partial charge in [-0.05, 0) is 44.1 Å². The maximum Gasteiger partial charge on any atom is 0.330 e. The number of Topliss-reactive ketones (excluding diaryl/α,β-unsaturated/α-hetero) is 1. The molecule has 0 aromatic heterocycles. The van der Waals surface area contributed by atoms with Crippen LogP contribution in [-0.4, -0.2) is 54.1 Å². The minimum Gasteiger partial charge on any atom is -0.454 e. The van der Waals surface area contributed by atoms with Gasteiger partial charge in [-0.1, -0.05) is 44.7 Å². The molecular formula is C29H43NO7. The molecule has 8 nitrogen and oxygen atoms in total. The number of unbranched alkanes of at least 4 members (excludes halogenated alkanes) is 1. The van der Waals surface area contributed by atoms with E-state index < -0.39 is 36.1 Å². The zero-order valence-corrected chi connectivity index (χ0v) is 22.6. The first-order chi connectivity index (χ1) is 17.5. The summed E-state index contributed by atoms with van der Waals surface area (Å²) in [7, 11) is 1.50. The molecule has 0 aliphatic carbocycles. The maximum atomic E-state index is 12.8. The molecule has 206 valence electrons. The maximum absolute atomic E-state index is 12.8. The number of nitrogens with one attached hydrogen (secondary N) is 1. The summed E-state index contributed by atoms with van der Waals surface area (Å²) in [5.74, 6) is -2.16. The number of methoxy groups -OCH3 is 1. The Labute approximate surface area is 220 Å².